The summed E-state index contributed by atoms with van der Waals surface area (Å²) in [4.78, 5) is 1.61. The molecular formula is C14H20F2N2O2S. The van der Waals surface area contributed by atoms with E-state index in [0.717, 1.165) is 37.6 Å². The zero-order valence-electron chi connectivity index (χ0n) is 12.1. The number of nitrogens with zero attached hydrogens (tertiary/aromatic N) is 2. The fourth-order valence-electron chi connectivity index (χ4n) is 2.39. The summed E-state index contributed by atoms with van der Waals surface area (Å²) in [5.74, 6) is -1.67. The van der Waals surface area contributed by atoms with E-state index in [1.807, 2.05) is 0 Å². The maximum absolute atomic E-state index is 13.7. The van der Waals surface area contributed by atoms with E-state index < -0.39 is 26.6 Å². The van der Waals surface area contributed by atoms with Crippen LogP contribution >= 0.6 is 0 Å². The molecule has 21 heavy (non-hydrogen) atoms. The van der Waals surface area contributed by atoms with Crippen LogP contribution in [-0.4, -0.2) is 50.3 Å². The number of unbranched alkanes of at least 4 members (excludes halogenated alkanes) is 1. The third-order valence-electron chi connectivity index (χ3n) is 3.67. The zero-order chi connectivity index (χ0) is 15.5. The van der Waals surface area contributed by atoms with Crippen LogP contribution in [0.2, 0.25) is 0 Å². The molecule has 1 saturated heterocycles. The standard InChI is InChI=1S/C14H20F2N2O2S/c1-2-3-6-17-7-9-18(10-8-17)21(19,20)14-11-12(15)4-5-13(14)16/h4-5,11H,2-3,6-10H2,1H3. The van der Waals surface area contributed by atoms with Crippen molar-refractivity contribution < 1.29 is 17.2 Å². The van der Waals surface area contributed by atoms with Gasteiger partial charge in [-0.1, -0.05) is 13.3 Å². The highest BCUT2D eigenvalue weighted by Crippen LogP contribution is 2.21. The number of hydrogen-bond donors (Lipinski definition) is 0. The molecule has 1 aliphatic heterocycles. The van der Waals surface area contributed by atoms with E-state index in [1.165, 1.54) is 4.31 Å². The number of rotatable bonds is 5. The molecule has 1 fully saturated rings. The molecule has 0 aliphatic carbocycles. The normalized spacial score (nSPS) is 18.0. The fraction of sp³-hybridized carbons (Fsp3) is 0.571. The van der Waals surface area contributed by atoms with Crippen molar-refractivity contribution in [3.05, 3.63) is 29.8 Å². The Bertz CT molecular complexity index is 585. The molecule has 1 aromatic carbocycles. The first-order valence-electron chi connectivity index (χ1n) is 7.12. The average Bonchev–Trinajstić information content (AvgIpc) is 2.48. The Morgan fingerprint density at radius 1 is 1.14 bits per heavy atom. The minimum Gasteiger partial charge on any atom is -0.301 e. The van der Waals surface area contributed by atoms with Crippen molar-refractivity contribution in [1.29, 1.82) is 0 Å². The van der Waals surface area contributed by atoms with Crippen molar-refractivity contribution in [3.8, 4) is 0 Å². The van der Waals surface area contributed by atoms with Crippen molar-refractivity contribution in [2.75, 3.05) is 32.7 Å². The van der Waals surface area contributed by atoms with E-state index in [1.54, 1.807) is 0 Å². The molecule has 1 heterocycles. The first kappa shape index (κ1) is 16.3. The van der Waals surface area contributed by atoms with Crippen molar-refractivity contribution in [1.82, 2.24) is 9.21 Å². The smallest absolute Gasteiger partial charge is 0.246 e. The maximum atomic E-state index is 13.7. The molecule has 0 saturated carbocycles. The quantitative estimate of drug-likeness (QED) is 0.834. The van der Waals surface area contributed by atoms with Gasteiger partial charge in [-0.2, -0.15) is 4.31 Å². The van der Waals surface area contributed by atoms with Gasteiger partial charge >= 0.3 is 0 Å². The van der Waals surface area contributed by atoms with Crippen molar-refractivity contribution >= 4 is 10.0 Å². The topological polar surface area (TPSA) is 40.6 Å². The summed E-state index contributed by atoms with van der Waals surface area (Å²) in [5, 5.41) is 0. The molecule has 7 heteroatoms. The summed E-state index contributed by atoms with van der Waals surface area (Å²) in [6.07, 6.45) is 2.16. The summed E-state index contributed by atoms with van der Waals surface area (Å²) in [6, 6.07) is 2.50. The van der Waals surface area contributed by atoms with Crippen LogP contribution in [0.25, 0.3) is 0 Å². The molecule has 0 radical (unpaired) electrons. The van der Waals surface area contributed by atoms with Gasteiger partial charge in [0.15, 0.2) is 0 Å². The Morgan fingerprint density at radius 2 is 1.81 bits per heavy atom. The van der Waals surface area contributed by atoms with Gasteiger partial charge in [0, 0.05) is 26.2 Å². The van der Waals surface area contributed by atoms with Gasteiger partial charge in [0.05, 0.1) is 0 Å². The molecule has 1 aliphatic rings. The highest BCUT2D eigenvalue weighted by Gasteiger charge is 2.30. The molecule has 0 aromatic heterocycles. The Morgan fingerprint density at radius 3 is 2.43 bits per heavy atom. The molecule has 4 nitrogen and oxygen atoms in total. The van der Waals surface area contributed by atoms with Crippen LogP contribution < -0.4 is 0 Å². The van der Waals surface area contributed by atoms with Crippen LogP contribution in [0.1, 0.15) is 19.8 Å². The maximum Gasteiger partial charge on any atom is 0.246 e. The largest absolute Gasteiger partial charge is 0.301 e. The van der Waals surface area contributed by atoms with E-state index in [9.17, 15) is 17.2 Å². The molecule has 0 spiro atoms. The SMILES string of the molecule is CCCCN1CCN(S(=O)(=O)c2cc(F)ccc2F)CC1. The van der Waals surface area contributed by atoms with Crippen molar-refractivity contribution in [3.63, 3.8) is 0 Å². The number of hydrogen-bond acceptors (Lipinski definition) is 3. The highest BCUT2D eigenvalue weighted by molar-refractivity contribution is 7.89. The van der Waals surface area contributed by atoms with Gasteiger partial charge in [-0.25, -0.2) is 17.2 Å². The summed E-state index contributed by atoms with van der Waals surface area (Å²) in [6.45, 7) is 4.91. The first-order valence-corrected chi connectivity index (χ1v) is 8.56. The molecule has 0 unspecified atom stereocenters. The lowest BCUT2D eigenvalue weighted by Crippen LogP contribution is -2.48. The van der Waals surface area contributed by atoms with E-state index in [2.05, 4.69) is 11.8 Å². The zero-order valence-corrected chi connectivity index (χ0v) is 12.9. The number of benzene rings is 1. The van der Waals surface area contributed by atoms with Crippen LogP contribution in [0.15, 0.2) is 23.1 Å². The lowest BCUT2D eigenvalue weighted by molar-refractivity contribution is 0.186. The minimum atomic E-state index is -3.97. The summed E-state index contributed by atoms with van der Waals surface area (Å²) in [7, 11) is -3.97. The molecule has 118 valence electrons. The van der Waals surface area contributed by atoms with E-state index in [-0.39, 0.29) is 0 Å². The molecule has 0 amide bonds. The Kier molecular flexibility index (Phi) is 5.29. The van der Waals surface area contributed by atoms with Crippen LogP contribution in [0, 0.1) is 11.6 Å². The van der Waals surface area contributed by atoms with Crippen LogP contribution in [0.4, 0.5) is 8.78 Å². The minimum absolute atomic E-state index is 0.308. The van der Waals surface area contributed by atoms with Crippen LogP contribution in [0.5, 0.6) is 0 Å². The summed E-state index contributed by atoms with van der Waals surface area (Å²) in [5.41, 5.74) is 0. The first-order chi connectivity index (χ1) is 9.95. The fourth-order valence-corrected chi connectivity index (χ4v) is 3.89. The molecule has 0 bridgehead atoms. The lowest BCUT2D eigenvalue weighted by Gasteiger charge is -2.33. The molecular weight excluding hydrogens is 298 g/mol. The Hall–Kier alpha value is -1.05. The van der Waals surface area contributed by atoms with Gasteiger partial charge in [0.25, 0.3) is 0 Å². The van der Waals surface area contributed by atoms with Crippen molar-refractivity contribution in [2.24, 2.45) is 0 Å². The van der Waals surface area contributed by atoms with E-state index in [0.29, 0.717) is 26.2 Å². The summed E-state index contributed by atoms with van der Waals surface area (Å²) < 4.78 is 52.9. The van der Waals surface area contributed by atoms with Crippen LogP contribution in [-0.2, 0) is 10.0 Å². The second-order valence-electron chi connectivity index (χ2n) is 5.17. The third-order valence-corrected chi connectivity index (χ3v) is 5.58. The van der Waals surface area contributed by atoms with Gasteiger partial charge in [-0.15, -0.1) is 0 Å². The Balaban J connectivity index is 2.10. The molecule has 2 rings (SSSR count). The molecule has 1 aromatic rings. The van der Waals surface area contributed by atoms with Crippen LogP contribution in [0.3, 0.4) is 0 Å². The summed E-state index contributed by atoms with van der Waals surface area (Å²) >= 11 is 0. The monoisotopic (exact) mass is 318 g/mol. The predicted molar refractivity (Wildman–Crippen MR) is 76.5 cm³/mol. The number of sulfonamides is 1. The van der Waals surface area contributed by atoms with Gasteiger partial charge < -0.3 is 4.90 Å². The van der Waals surface area contributed by atoms with E-state index >= 15 is 0 Å². The highest BCUT2D eigenvalue weighted by atomic mass is 32.2. The van der Waals surface area contributed by atoms with Gasteiger partial charge in [0.1, 0.15) is 16.5 Å². The lowest BCUT2D eigenvalue weighted by atomic mass is 10.3. The Labute approximate surface area is 124 Å². The number of halogens is 2. The van der Waals surface area contributed by atoms with Gasteiger partial charge in [-0.3, -0.25) is 0 Å². The van der Waals surface area contributed by atoms with Gasteiger partial charge in [-0.05, 0) is 31.2 Å². The second-order valence-corrected chi connectivity index (χ2v) is 7.08. The van der Waals surface area contributed by atoms with Crippen molar-refractivity contribution in [2.45, 2.75) is 24.7 Å². The average molecular weight is 318 g/mol. The number of piperazine rings is 1. The third kappa shape index (κ3) is 3.78. The van der Waals surface area contributed by atoms with Gasteiger partial charge in [0.2, 0.25) is 10.0 Å². The second kappa shape index (κ2) is 6.81. The van der Waals surface area contributed by atoms with E-state index in [4.69, 9.17) is 0 Å². The molecule has 0 atom stereocenters. The predicted octanol–water partition coefficient (Wildman–Crippen LogP) is 2.07. The molecule has 0 N–H and O–H groups in total.